The van der Waals surface area contributed by atoms with Gasteiger partial charge in [0.25, 0.3) is 0 Å². The number of aryl methyl sites for hydroxylation is 1. The van der Waals surface area contributed by atoms with Gasteiger partial charge in [0.1, 0.15) is 5.82 Å². The summed E-state index contributed by atoms with van der Waals surface area (Å²) in [6.45, 7) is 7.01. The van der Waals surface area contributed by atoms with E-state index in [2.05, 4.69) is 14.9 Å². The quantitative estimate of drug-likeness (QED) is 0.783. The van der Waals surface area contributed by atoms with Gasteiger partial charge in [-0.1, -0.05) is 6.07 Å². The van der Waals surface area contributed by atoms with Crippen LogP contribution >= 0.6 is 0 Å². The van der Waals surface area contributed by atoms with E-state index in [4.69, 9.17) is 0 Å². The Morgan fingerprint density at radius 2 is 2.05 bits per heavy atom. The normalized spacial score (nSPS) is 10.3. The monoisotopic (exact) mass is 269 g/mol. The van der Waals surface area contributed by atoms with Crippen molar-refractivity contribution in [1.82, 2.24) is 9.97 Å². The van der Waals surface area contributed by atoms with Gasteiger partial charge in [-0.15, -0.1) is 0 Å². The number of carbonyl (C=O) groups is 1. The summed E-state index contributed by atoms with van der Waals surface area (Å²) in [5.74, 6) is 0.759. The molecule has 0 aliphatic rings. The first kappa shape index (κ1) is 14.2. The van der Waals surface area contributed by atoms with Crippen LogP contribution in [0.15, 0.2) is 36.5 Å². The maximum Gasteiger partial charge on any atom is 0.163 e. The summed E-state index contributed by atoms with van der Waals surface area (Å²) in [4.78, 5) is 22.7. The largest absolute Gasteiger partial charge is 0.350 e. The minimum Gasteiger partial charge on any atom is -0.350 e. The average Bonchev–Trinajstić information content (AvgIpc) is 2.45. The van der Waals surface area contributed by atoms with Gasteiger partial charge in [-0.2, -0.15) is 0 Å². The predicted octanol–water partition coefficient (Wildman–Crippen LogP) is 3.01. The van der Waals surface area contributed by atoms with Gasteiger partial charge < -0.3 is 4.90 Å². The number of rotatable bonds is 5. The first-order valence-electron chi connectivity index (χ1n) is 6.75. The maximum atomic E-state index is 11.7. The van der Waals surface area contributed by atoms with Crippen LogP contribution in [0.1, 0.15) is 35.6 Å². The minimum atomic E-state index is 0.0313. The first-order valence-corrected chi connectivity index (χ1v) is 6.75. The highest BCUT2D eigenvalue weighted by Crippen LogP contribution is 2.19. The van der Waals surface area contributed by atoms with Crippen molar-refractivity contribution in [3.8, 4) is 0 Å². The number of hydrogen-bond donors (Lipinski definition) is 0. The molecule has 0 saturated heterocycles. The fourth-order valence-electron chi connectivity index (χ4n) is 2.14. The van der Waals surface area contributed by atoms with Crippen molar-refractivity contribution < 1.29 is 4.79 Å². The van der Waals surface area contributed by atoms with Crippen LogP contribution < -0.4 is 4.90 Å². The molecule has 0 N–H and O–H groups in total. The van der Waals surface area contributed by atoms with Crippen molar-refractivity contribution in [3.63, 3.8) is 0 Å². The van der Waals surface area contributed by atoms with Gasteiger partial charge >= 0.3 is 0 Å². The lowest BCUT2D eigenvalue weighted by molar-refractivity contribution is 0.101. The van der Waals surface area contributed by atoms with Gasteiger partial charge in [0.05, 0.1) is 17.8 Å². The highest BCUT2D eigenvalue weighted by molar-refractivity contribution is 5.98. The molecule has 0 aliphatic carbocycles. The fraction of sp³-hybridized carbons (Fsp3) is 0.312. The zero-order valence-corrected chi connectivity index (χ0v) is 12.1. The molecule has 0 saturated carbocycles. The molecule has 4 nitrogen and oxygen atoms in total. The van der Waals surface area contributed by atoms with E-state index >= 15 is 0 Å². The Balaban J connectivity index is 2.31. The molecular weight excluding hydrogens is 250 g/mol. The highest BCUT2D eigenvalue weighted by atomic mass is 16.1. The lowest BCUT2D eigenvalue weighted by atomic mass is 10.1. The summed E-state index contributed by atoms with van der Waals surface area (Å²) in [6, 6.07) is 9.57. The van der Waals surface area contributed by atoms with E-state index in [1.54, 1.807) is 19.2 Å². The standard InChI is InChI=1S/C16H19N3O/c1-4-19(11-14-8-5-7-12(2)18-14)16-15(13(3)20)9-6-10-17-16/h5-10H,4,11H2,1-3H3. The molecule has 0 spiro atoms. The van der Waals surface area contributed by atoms with Crippen LogP contribution in [-0.2, 0) is 6.54 Å². The zero-order chi connectivity index (χ0) is 14.5. The lowest BCUT2D eigenvalue weighted by Crippen LogP contribution is -2.25. The van der Waals surface area contributed by atoms with Gasteiger partial charge in [0.2, 0.25) is 0 Å². The fourth-order valence-corrected chi connectivity index (χ4v) is 2.14. The van der Waals surface area contributed by atoms with Gasteiger partial charge in [0, 0.05) is 18.4 Å². The Morgan fingerprint density at radius 3 is 2.70 bits per heavy atom. The molecule has 0 aromatic carbocycles. The summed E-state index contributed by atoms with van der Waals surface area (Å²) in [6.07, 6.45) is 1.72. The van der Waals surface area contributed by atoms with Gasteiger partial charge in [-0.25, -0.2) is 4.98 Å². The highest BCUT2D eigenvalue weighted by Gasteiger charge is 2.14. The molecule has 0 aliphatic heterocycles. The van der Waals surface area contributed by atoms with Crippen LogP contribution in [0.4, 0.5) is 5.82 Å². The van der Waals surface area contributed by atoms with E-state index in [1.165, 1.54) is 0 Å². The number of anilines is 1. The van der Waals surface area contributed by atoms with Gasteiger partial charge in [-0.3, -0.25) is 9.78 Å². The topological polar surface area (TPSA) is 46.1 Å². The second-order valence-electron chi connectivity index (χ2n) is 4.72. The molecule has 2 aromatic rings. The molecule has 0 atom stereocenters. The van der Waals surface area contributed by atoms with Crippen molar-refractivity contribution >= 4 is 11.6 Å². The summed E-state index contributed by atoms with van der Waals surface area (Å²) >= 11 is 0. The summed E-state index contributed by atoms with van der Waals surface area (Å²) in [5.41, 5.74) is 2.63. The molecule has 20 heavy (non-hydrogen) atoms. The number of pyridine rings is 2. The Kier molecular flexibility index (Phi) is 4.45. The summed E-state index contributed by atoms with van der Waals surface area (Å²) in [5, 5.41) is 0. The molecule has 2 heterocycles. The zero-order valence-electron chi connectivity index (χ0n) is 12.1. The van der Waals surface area contributed by atoms with Crippen LogP contribution in [0.5, 0.6) is 0 Å². The van der Waals surface area contributed by atoms with Crippen LogP contribution in [0.2, 0.25) is 0 Å². The van der Waals surface area contributed by atoms with Crippen molar-refractivity contribution in [1.29, 1.82) is 0 Å². The molecule has 0 amide bonds. The second kappa shape index (κ2) is 6.28. The van der Waals surface area contributed by atoms with Gasteiger partial charge in [-0.05, 0) is 45.0 Å². The predicted molar refractivity (Wildman–Crippen MR) is 79.9 cm³/mol. The average molecular weight is 269 g/mol. The van der Waals surface area contributed by atoms with Crippen LogP contribution in [0.25, 0.3) is 0 Å². The SMILES string of the molecule is CCN(Cc1cccc(C)n1)c1ncccc1C(C)=O. The third-order valence-electron chi connectivity index (χ3n) is 3.15. The maximum absolute atomic E-state index is 11.7. The number of ketones is 1. The lowest BCUT2D eigenvalue weighted by Gasteiger charge is -2.23. The van der Waals surface area contributed by atoms with Crippen molar-refractivity contribution in [2.75, 3.05) is 11.4 Å². The summed E-state index contributed by atoms with van der Waals surface area (Å²) in [7, 11) is 0. The van der Waals surface area contributed by atoms with Crippen molar-refractivity contribution in [3.05, 3.63) is 53.5 Å². The molecule has 0 radical (unpaired) electrons. The molecule has 4 heteroatoms. The molecular formula is C16H19N3O. The Morgan fingerprint density at radius 1 is 1.25 bits per heavy atom. The van der Waals surface area contributed by atoms with Crippen LogP contribution in [0.3, 0.4) is 0 Å². The molecule has 0 unspecified atom stereocenters. The van der Waals surface area contributed by atoms with Crippen molar-refractivity contribution in [2.24, 2.45) is 0 Å². The van der Waals surface area contributed by atoms with E-state index in [-0.39, 0.29) is 5.78 Å². The van der Waals surface area contributed by atoms with E-state index in [9.17, 15) is 4.79 Å². The van der Waals surface area contributed by atoms with Crippen molar-refractivity contribution in [2.45, 2.75) is 27.3 Å². The minimum absolute atomic E-state index is 0.0313. The molecule has 2 aromatic heterocycles. The van der Waals surface area contributed by atoms with Crippen LogP contribution in [-0.4, -0.2) is 22.3 Å². The Bertz CT molecular complexity index is 610. The second-order valence-corrected chi connectivity index (χ2v) is 4.72. The number of nitrogens with zero attached hydrogens (tertiary/aromatic N) is 3. The first-order chi connectivity index (χ1) is 9.61. The smallest absolute Gasteiger partial charge is 0.163 e. The van der Waals surface area contributed by atoms with E-state index < -0.39 is 0 Å². The number of aromatic nitrogens is 2. The number of Topliss-reactive ketones (excluding diaryl/α,β-unsaturated/α-hetero) is 1. The van der Waals surface area contributed by atoms with E-state index in [0.29, 0.717) is 12.1 Å². The van der Waals surface area contributed by atoms with Gasteiger partial charge in [0.15, 0.2) is 5.78 Å². The Hall–Kier alpha value is -2.23. The Labute approximate surface area is 119 Å². The van der Waals surface area contributed by atoms with E-state index in [0.717, 1.165) is 23.8 Å². The molecule has 0 bridgehead atoms. The third-order valence-corrected chi connectivity index (χ3v) is 3.15. The summed E-state index contributed by atoms with van der Waals surface area (Å²) < 4.78 is 0. The third kappa shape index (κ3) is 3.20. The molecule has 2 rings (SSSR count). The molecule has 0 fully saturated rings. The number of carbonyl (C=O) groups excluding carboxylic acids is 1. The van der Waals surface area contributed by atoms with E-state index in [1.807, 2.05) is 38.1 Å². The molecule has 104 valence electrons. The van der Waals surface area contributed by atoms with Crippen LogP contribution in [0, 0.1) is 6.92 Å². The number of hydrogen-bond acceptors (Lipinski definition) is 4.